The van der Waals surface area contributed by atoms with Crippen LogP contribution in [0, 0.1) is 10.1 Å². The Morgan fingerprint density at radius 1 is 1.25 bits per heavy atom. The zero-order valence-corrected chi connectivity index (χ0v) is 13.4. The highest BCUT2D eigenvalue weighted by molar-refractivity contribution is 5.84. The fourth-order valence-corrected chi connectivity index (χ4v) is 3.79. The molecule has 2 aromatic carbocycles. The molecule has 0 spiro atoms. The van der Waals surface area contributed by atoms with Crippen molar-refractivity contribution in [1.82, 2.24) is 4.98 Å². The second-order valence-corrected chi connectivity index (χ2v) is 6.54. The Kier molecular flexibility index (Phi) is 3.30. The molecular formula is C19H18N2O3. The zero-order valence-electron chi connectivity index (χ0n) is 13.4. The maximum Gasteiger partial charge on any atom is 0.210 e. The molecule has 0 bridgehead atoms. The van der Waals surface area contributed by atoms with Crippen molar-refractivity contribution in [2.75, 3.05) is 6.54 Å². The van der Waals surface area contributed by atoms with Crippen LogP contribution in [0.5, 0.6) is 5.75 Å². The molecule has 1 aliphatic rings. The van der Waals surface area contributed by atoms with Crippen LogP contribution in [0.15, 0.2) is 54.7 Å². The van der Waals surface area contributed by atoms with Gasteiger partial charge in [0.25, 0.3) is 0 Å². The van der Waals surface area contributed by atoms with Crippen LogP contribution in [0.1, 0.15) is 30.4 Å². The first-order chi connectivity index (χ1) is 11.6. The van der Waals surface area contributed by atoms with Gasteiger partial charge < -0.3 is 9.72 Å². The largest absolute Gasteiger partial charge is 0.482 e. The van der Waals surface area contributed by atoms with E-state index in [1.807, 2.05) is 55.6 Å². The lowest BCUT2D eigenvalue weighted by Gasteiger charge is -2.38. The Morgan fingerprint density at radius 2 is 2.00 bits per heavy atom. The summed E-state index contributed by atoms with van der Waals surface area (Å²) in [5.41, 5.74) is 2.41. The molecule has 0 saturated heterocycles. The molecule has 5 nitrogen and oxygen atoms in total. The second kappa shape index (κ2) is 5.37. The van der Waals surface area contributed by atoms with Gasteiger partial charge >= 0.3 is 0 Å². The summed E-state index contributed by atoms with van der Waals surface area (Å²) in [6.45, 7) is 1.93. The first kappa shape index (κ1) is 14.8. The van der Waals surface area contributed by atoms with Gasteiger partial charge in [-0.05, 0) is 19.1 Å². The Morgan fingerprint density at radius 3 is 2.83 bits per heavy atom. The number of para-hydroxylation sites is 2. The average molecular weight is 322 g/mol. The van der Waals surface area contributed by atoms with Gasteiger partial charge in [0.2, 0.25) is 6.54 Å². The molecule has 1 aromatic heterocycles. The van der Waals surface area contributed by atoms with Gasteiger partial charge in [0.15, 0.2) is 0 Å². The molecule has 3 aromatic rings. The molecule has 0 saturated carbocycles. The van der Waals surface area contributed by atoms with E-state index in [9.17, 15) is 10.1 Å². The van der Waals surface area contributed by atoms with E-state index in [2.05, 4.69) is 11.1 Å². The molecule has 5 heteroatoms. The van der Waals surface area contributed by atoms with Crippen molar-refractivity contribution < 1.29 is 9.66 Å². The van der Waals surface area contributed by atoms with E-state index in [4.69, 9.17) is 4.74 Å². The van der Waals surface area contributed by atoms with Crippen molar-refractivity contribution in [2.24, 2.45) is 0 Å². The van der Waals surface area contributed by atoms with Crippen molar-refractivity contribution >= 4 is 10.9 Å². The quantitative estimate of drug-likeness (QED) is 0.579. The van der Waals surface area contributed by atoms with E-state index < -0.39 is 5.60 Å². The Labute approximate surface area is 139 Å². The van der Waals surface area contributed by atoms with Crippen LogP contribution in [-0.4, -0.2) is 16.5 Å². The third-order valence-corrected chi connectivity index (χ3v) is 4.86. The van der Waals surface area contributed by atoms with Gasteiger partial charge in [0.05, 0.1) is 5.92 Å². The zero-order chi connectivity index (χ0) is 16.7. The van der Waals surface area contributed by atoms with Gasteiger partial charge in [-0.3, -0.25) is 10.1 Å². The Hall–Kier alpha value is -2.82. The fraction of sp³-hybridized carbons (Fsp3) is 0.263. The number of benzene rings is 2. The van der Waals surface area contributed by atoms with Crippen LogP contribution in [-0.2, 0) is 5.60 Å². The summed E-state index contributed by atoms with van der Waals surface area (Å²) in [6.07, 6.45) is 2.54. The van der Waals surface area contributed by atoms with E-state index >= 15 is 0 Å². The summed E-state index contributed by atoms with van der Waals surface area (Å²) in [5.74, 6) is 0.576. The van der Waals surface area contributed by atoms with E-state index in [1.54, 1.807) is 0 Å². The minimum absolute atomic E-state index is 0.0850. The molecule has 0 unspecified atom stereocenters. The maximum absolute atomic E-state index is 11.1. The molecular weight excluding hydrogens is 304 g/mol. The van der Waals surface area contributed by atoms with Gasteiger partial charge in [-0.15, -0.1) is 0 Å². The normalized spacial score (nSPS) is 22.8. The highest BCUT2D eigenvalue weighted by Crippen LogP contribution is 2.47. The van der Waals surface area contributed by atoms with E-state index in [1.165, 1.54) is 0 Å². The summed E-state index contributed by atoms with van der Waals surface area (Å²) in [6, 6.07) is 15.7. The van der Waals surface area contributed by atoms with Crippen LogP contribution < -0.4 is 4.74 Å². The SMILES string of the molecule is C[C@]1(c2c[nH]c3ccccc23)C[C@H](C[N+](=O)[O-])c2ccccc2O1. The third-order valence-electron chi connectivity index (χ3n) is 4.86. The minimum Gasteiger partial charge on any atom is -0.482 e. The van der Waals surface area contributed by atoms with E-state index in [0.29, 0.717) is 6.42 Å². The number of fused-ring (bicyclic) bond motifs is 2. The Bertz CT molecular complexity index is 918. The van der Waals surface area contributed by atoms with Crippen molar-refractivity contribution in [3.8, 4) is 5.75 Å². The molecule has 0 radical (unpaired) electrons. The highest BCUT2D eigenvalue weighted by Gasteiger charge is 2.41. The number of nitrogens with one attached hydrogen (secondary N) is 1. The van der Waals surface area contributed by atoms with Crippen molar-refractivity contribution in [1.29, 1.82) is 0 Å². The lowest BCUT2D eigenvalue weighted by molar-refractivity contribution is -0.484. The monoisotopic (exact) mass is 322 g/mol. The first-order valence-electron chi connectivity index (χ1n) is 8.03. The van der Waals surface area contributed by atoms with Gasteiger partial charge in [-0.2, -0.15) is 0 Å². The van der Waals surface area contributed by atoms with Crippen molar-refractivity contribution in [3.05, 3.63) is 76.0 Å². The van der Waals surface area contributed by atoms with Gasteiger partial charge in [-0.1, -0.05) is 36.4 Å². The predicted molar refractivity (Wildman–Crippen MR) is 91.9 cm³/mol. The number of rotatable bonds is 3. The van der Waals surface area contributed by atoms with Gasteiger partial charge in [0.1, 0.15) is 11.4 Å². The van der Waals surface area contributed by atoms with Crippen LogP contribution in [0.25, 0.3) is 10.9 Å². The first-order valence-corrected chi connectivity index (χ1v) is 8.03. The number of ether oxygens (including phenoxy) is 1. The molecule has 0 amide bonds. The molecule has 1 N–H and O–H groups in total. The number of hydrogen-bond donors (Lipinski definition) is 1. The lowest BCUT2D eigenvalue weighted by atomic mass is 9.79. The third kappa shape index (κ3) is 2.33. The molecule has 4 rings (SSSR count). The van der Waals surface area contributed by atoms with Crippen LogP contribution in [0.3, 0.4) is 0 Å². The number of H-pyrrole nitrogens is 1. The maximum atomic E-state index is 11.1. The van der Waals surface area contributed by atoms with Gasteiger partial charge in [-0.25, -0.2) is 0 Å². The summed E-state index contributed by atoms with van der Waals surface area (Å²) >= 11 is 0. The standard InChI is InChI=1S/C19H18N2O3/c1-19(16-11-20-17-8-4-2-7-15(16)17)10-13(12-21(22)23)14-6-3-5-9-18(14)24-19/h2-9,11,13,20H,10,12H2,1H3/t13-,19-/m1/s1. The number of aromatic amines is 1. The minimum atomic E-state index is -0.603. The molecule has 2 heterocycles. The second-order valence-electron chi connectivity index (χ2n) is 6.54. The molecule has 122 valence electrons. The van der Waals surface area contributed by atoms with E-state index in [0.717, 1.165) is 27.8 Å². The molecule has 2 atom stereocenters. The lowest BCUT2D eigenvalue weighted by Crippen LogP contribution is -2.37. The predicted octanol–water partition coefficient (Wildman–Crippen LogP) is 4.23. The smallest absolute Gasteiger partial charge is 0.210 e. The Balaban J connectivity index is 1.82. The van der Waals surface area contributed by atoms with Gasteiger partial charge in [0, 0.05) is 39.6 Å². The average Bonchev–Trinajstić information content (AvgIpc) is 2.99. The van der Waals surface area contributed by atoms with Crippen LogP contribution in [0.4, 0.5) is 0 Å². The summed E-state index contributed by atoms with van der Waals surface area (Å²) in [7, 11) is 0. The van der Waals surface area contributed by atoms with Crippen molar-refractivity contribution in [3.63, 3.8) is 0 Å². The molecule has 0 fully saturated rings. The summed E-state index contributed by atoms with van der Waals surface area (Å²) in [4.78, 5) is 14.2. The molecule has 24 heavy (non-hydrogen) atoms. The van der Waals surface area contributed by atoms with Crippen LogP contribution in [0.2, 0.25) is 0 Å². The topological polar surface area (TPSA) is 68.2 Å². The van der Waals surface area contributed by atoms with E-state index in [-0.39, 0.29) is 17.4 Å². The van der Waals surface area contributed by atoms with Crippen LogP contribution >= 0.6 is 0 Å². The number of aromatic nitrogens is 1. The van der Waals surface area contributed by atoms with Crippen molar-refractivity contribution in [2.45, 2.75) is 24.9 Å². The number of hydrogen-bond acceptors (Lipinski definition) is 3. The molecule has 0 aliphatic carbocycles. The summed E-state index contributed by atoms with van der Waals surface area (Å²) in [5, 5.41) is 12.2. The fourth-order valence-electron chi connectivity index (χ4n) is 3.79. The molecule has 1 aliphatic heterocycles. The number of nitro groups is 1. The summed E-state index contributed by atoms with van der Waals surface area (Å²) < 4.78 is 6.34. The highest BCUT2D eigenvalue weighted by atomic mass is 16.6. The number of nitrogens with zero attached hydrogens (tertiary/aromatic N) is 1.